The molecule has 0 fully saturated rings. The van der Waals surface area contributed by atoms with Crippen LogP contribution < -0.4 is 0 Å². The number of hydrogen-bond acceptors (Lipinski definition) is 1. The van der Waals surface area contributed by atoms with E-state index in [0.29, 0.717) is 0 Å². The molecule has 0 saturated carbocycles. The molecule has 0 radical (unpaired) electrons. The fraction of sp³-hybridized carbons (Fsp3) is 0.417. The molecular weight excluding hydrogens is 158 g/mol. The van der Waals surface area contributed by atoms with Gasteiger partial charge < -0.3 is 0 Å². The van der Waals surface area contributed by atoms with Crippen LogP contribution in [0.15, 0.2) is 24.4 Å². The lowest BCUT2D eigenvalue weighted by atomic mass is 9.95. The van der Waals surface area contributed by atoms with Crippen molar-refractivity contribution < 1.29 is 0 Å². The van der Waals surface area contributed by atoms with E-state index >= 15 is 0 Å². The summed E-state index contributed by atoms with van der Waals surface area (Å²) >= 11 is 0. The Balaban J connectivity index is 2.34. The first-order chi connectivity index (χ1) is 6.38. The van der Waals surface area contributed by atoms with Crippen molar-refractivity contribution in [3.8, 4) is 0 Å². The van der Waals surface area contributed by atoms with Gasteiger partial charge in [0.2, 0.25) is 0 Å². The van der Waals surface area contributed by atoms with E-state index in [0.717, 1.165) is 0 Å². The van der Waals surface area contributed by atoms with Crippen LogP contribution >= 0.6 is 0 Å². The Labute approximate surface area is 79.5 Å². The standard InChI is InChI=1S/C12H15N/c1-10-6-5-9-13-12(10)11-7-3-2-4-8-11/h5-7,9H,2-4,8H2,1H3. The van der Waals surface area contributed by atoms with E-state index in [4.69, 9.17) is 0 Å². The number of nitrogens with zero attached hydrogens (tertiary/aromatic N) is 1. The summed E-state index contributed by atoms with van der Waals surface area (Å²) < 4.78 is 0. The van der Waals surface area contributed by atoms with Crippen molar-refractivity contribution in [2.75, 3.05) is 0 Å². The Morgan fingerprint density at radius 1 is 1.31 bits per heavy atom. The molecule has 0 spiro atoms. The summed E-state index contributed by atoms with van der Waals surface area (Å²) in [6.07, 6.45) is 9.33. The third kappa shape index (κ3) is 1.80. The van der Waals surface area contributed by atoms with Crippen LogP contribution in [-0.4, -0.2) is 4.98 Å². The molecule has 1 aromatic rings. The molecule has 1 heterocycles. The predicted octanol–water partition coefficient (Wildman–Crippen LogP) is 3.35. The van der Waals surface area contributed by atoms with Crippen molar-refractivity contribution in [1.29, 1.82) is 0 Å². The topological polar surface area (TPSA) is 12.9 Å². The Morgan fingerprint density at radius 3 is 2.92 bits per heavy atom. The van der Waals surface area contributed by atoms with E-state index in [1.54, 1.807) is 0 Å². The number of hydrogen-bond donors (Lipinski definition) is 0. The molecule has 1 aliphatic carbocycles. The zero-order chi connectivity index (χ0) is 9.10. The van der Waals surface area contributed by atoms with Gasteiger partial charge in [-0.1, -0.05) is 12.1 Å². The first kappa shape index (κ1) is 8.49. The first-order valence-corrected chi connectivity index (χ1v) is 4.99. The highest BCUT2D eigenvalue weighted by molar-refractivity contribution is 5.65. The molecule has 2 rings (SSSR count). The summed E-state index contributed by atoms with van der Waals surface area (Å²) in [6, 6.07) is 4.14. The molecule has 1 nitrogen and oxygen atoms in total. The predicted molar refractivity (Wildman–Crippen MR) is 55.4 cm³/mol. The molecular formula is C12H15N. The Bertz CT molecular complexity index is 326. The van der Waals surface area contributed by atoms with Crippen LogP contribution in [0.3, 0.4) is 0 Å². The molecule has 0 saturated heterocycles. The van der Waals surface area contributed by atoms with Crippen LogP contribution in [0.4, 0.5) is 0 Å². The lowest BCUT2D eigenvalue weighted by Gasteiger charge is -2.13. The van der Waals surface area contributed by atoms with Crippen LogP contribution in [0, 0.1) is 6.92 Å². The maximum Gasteiger partial charge on any atom is 0.0687 e. The molecule has 0 N–H and O–H groups in total. The van der Waals surface area contributed by atoms with E-state index in [9.17, 15) is 0 Å². The molecule has 1 aliphatic rings. The zero-order valence-electron chi connectivity index (χ0n) is 8.09. The van der Waals surface area contributed by atoms with Gasteiger partial charge in [0, 0.05) is 6.20 Å². The lowest BCUT2D eigenvalue weighted by Crippen LogP contribution is -1.96. The summed E-state index contributed by atoms with van der Waals surface area (Å²) in [5.41, 5.74) is 3.96. The van der Waals surface area contributed by atoms with E-state index in [2.05, 4.69) is 24.1 Å². The number of allylic oxidation sites excluding steroid dienone is 2. The van der Waals surface area contributed by atoms with Gasteiger partial charge in [-0.25, -0.2) is 0 Å². The van der Waals surface area contributed by atoms with Crippen molar-refractivity contribution >= 4 is 5.57 Å². The summed E-state index contributed by atoms with van der Waals surface area (Å²) in [5, 5.41) is 0. The molecule has 0 aromatic carbocycles. The number of pyridine rings is 1. The second-order valence-electron chi connectivity index (χ2n) is 3.64. The molecule has 1 heteroatoms. The molecule has 0 bridgehead atoms. The van der Waals surface area contributed by atoms with Crippen molar-refractivity contribution in [2.24, 2.45) is 0 Å². The highest BCUT2D eigenvalue weighted by atomic mass is 14.7. The number of aromatic nitrogens is 1. The quantitative estimate of drug-likeness (QED) is 0.634. The fourth-order valence-electron chi connectivity index (χ4n) is 1.88. The molecule has 0 atom stereocenters. The van der Waals surface area contributed by atoms with Gasteiger partial charge >= 0.3 is 0 Å². The normalized spacial score (nSPS) is 16.8. The fourth-order valence-corrected chi connectivity index (χ4v) is 1.88. The third-order valence-corrected chi connectivity index (χ3v) is 2.60. The molecule has 0 unspecified atom stereocenters. The first-order valence-electron chi connectivity index (χ1n) is 4.99. The highest BCUT2D eigenvalue weighted by Crippen LogP contribution is 2.26. The second-order valence-corrected chi connectivity index (χ2v) is 3.64. The van der Waals surface area contributed by atoms with E-state index in [1.807, 2.05) is 12.3 Å². The molecule has 68 valence electrons. The zero-order valence-corrected chi connectivity index (χ0v) is 8.09. The molecule has 0 amide bonds. The minimum atomic E-state index is 1.21. The van der Waals surface area contributed by atoms with Crippen molar-refractivity contribution in [3.05, 3.63) is 35.7 Å². The van der Waals surface area contributed by atoms with Crippen LogP contribution in [0.5, 0.6) is 0 Å². The smallest absolute Gasteiger partial charge is 0.0687 e. The Morgan fingerprint density at radius 2 is 2.23 bits per heavy atom. The molecule has 0 aliphatic heterocycles. The van der Waals surface area contributed by atoms with Gasteiger partial charge in [0.25, 0.3) is 0 Å². The highest BCUT2D eigenvalue weighted by Gasteiger charge is 2.08. The summed E-state index contributed by atoms with van der Waals surface area (Å²) in [5.74, 6) is 0. The van der Waals surface area contributed by atoms with Gasteiger partial charge in [0.1, 0.15) is 0 Å². The number of aryl methyl sites for hydroxylation is 1. The van der Waals surface area contributed by atoms with Crippen LogP contribution in [0.1, 0.15) is 36.9 Å². The van der Waals surface area contributed by atoms with Crippen molar-refractivity contribution in [2.45, 2.75) is 32.6 Å². The maximum atomic E-state index is 4.43. The van der Waals surface area contributed by atoms with Gasteiger partial charge in [-0.3, -0.25) is 4.98 Å². The van der Waals surface area contributed by atoms with Crippen LogP contribution in [0.2, 0.25) is 0 Å². The second kappa shape index (κ2) is 3.73. The van der Waals surface area contributed by atoms with Gasteiger partial charge in [0.15, 0.2) is 0 Å². The SMILES string of the molecule is Cc1cccnc1C1=CCCCC1. The van der Waals surface area contributed by atoms with Gasteiger partial charge in [-0.2, -0.15) is 0 Å². The maximum absolute atomic E-state index is 4.43. The van der Waals surface area contributed by atoms with Gasteiger partial charge in [-0.15, -0.1) is 0 Å². The van der Waals surface area contributed by atoms with E-state index < -0.39 is 0 Å². The third-order valence-electron chi connectivity index (χ3n) is 2.60. The van der Waals surface area contributed by atoms with Gasteiger partial charge in [-0.05, 0) is 49.8 Å². The minimum Gasteiger partial charge on any atom is -0.256 e. The molecule has 13 heavy (non-hydrogen) atoms. The Kier molecular flexibility index (Phi) is 2.44. The Hall–Kier alpha value is -1.11. The van der Waals surface area contributed by atoms with Crippen LogP contribution in [0.25, 0.3) is 5.57 Å². The summed E-state index contributed by atoms with van der Waals surface area (Å²) in [6.45, 7) is 2.14. The van der Waals surface area contributed by atoms with E-state index in [-0.39, 0.29) is 0 Å². The number of rotatable bonds is 1. The van der Waals surface area contributed by atoms with Crippen LogP contribution in [-0.2, 0) is 0 Å². The minimum absolute atomic E-state index is 1.21. The molecule has 1 aromatic heterocycles. The summed E-state index contributed by atoms with van der Waals surface area (Å²) in [4.78, 5) is 4.43. The van der Waals surface area contributed by atoms with Crippen molar-refractivity contribution in [3.63, 3.8) is 0 Å². The van der Waals surface area contributed by atoms with Crippen molar-refractivity contribution in [1.82, 2.24) is 4.98 Å². The van der Waals surface area contributed by atoms with E-state index in [1.165, 1.54) is 42.5 Å². The average molecular weight is 173 g/mol. The largest absolute Gasteiger partial charge is 0.256 e. The lowest BCUT2D eigenvalue weighted by molar-refractivity contribution is 0.739. The van der Waals surface area contributed by atoms with Gasteiger partial charge in [0.05, 0.1) is 5.69 Å². The summed E-state index contributed by atoms with van der Waals surface area (Å²) in [7, 11) is 0. The average Bonchev–Trinajstić information content (AvgIpc) is 2.20. The monoisotopic (exact) mass is 173 g/mol.